The molecule has 9 heteroatoms. The summed E-state index contributed by atoms with van der Waals surface area (Å²) >= 11 is -2.35. The first-order chi connectivity index (χ1) is 18.6. The minimum atomic E-state index is -2.35. The predicted octanol–water partition coefficient (Wildman–Crippen LogP) is 4.90. The minimum absolute atomic E-state index is 0.0239. The van der Waals surface area contributed by atoms with Crippen LogP contribution in [0, 0.1) is 27.7 Å². The standard InChI is InChI=1S/C30H36N2O6S/c1-20-7-9-27(22(3)15-20)37-13-5-11-31-29(33)24-17-25(19-26(18-24)39(35)36)30(34)32-12-6-14-38-28-10-8-21(2)16-23(28)4/h7-10,15-19H,5-6,11-14H2,1-4H3,(H,31,33)(H,32,34)(H,35,36). The molecule has 0 aromatic heterocycles. The van der Waals surface area contributed by atoms with E-state index < -0.39 is 22.9 Å². The van der Waals surface area contributed by atoms with E-state index in [1.165, 1.54) is 18.2 Å². The number of carbonyl (C=O) groups is 2. The van der Waals surface area contributed by atoms with Crippen LogP contribution in [0.3, 0.4) is 0 Å². The highest BCUT2D eigenvalue weighted by molar-refractivity contribution is 7.79. The van der Waals surface area contributed by atoms with E-state index >= 15 is 0 Å². The van der Waals surface area contributed by atoms with E-state index in [1.807, 2.05) is 64.1 Å². The van der Waals surface area contributed by atoms with Gasteiger partial charge in [-0.25, -0.2) is 4.21 Å². The van der Waals surface area contributed by atoms with E-state index in [-0.39, 0.29) is 16.0 Å². The molecule has 3 aromatic carbocycles. The van der Waals surface area contributed by atoms with Gasteiger partial charge in [0.2, 0.25) is 0 Å². The third-order valence-electron chi connectivity index (χ3n) is 6.02. The van der Waals surface area contributed by atoms with Crippen molar-refractivity contribution in [2.45, 2.75) is 45.4 Å². The number of rotatable bonds is 13. The van der Waals surface area contributed by atoms with Gasteiger partial charge in [0.15, 0.2) is 11.1 Å². The van der Waals surface area contributed by atoms with Crippen LogP contribution in [0.4, 0.5) is 0 Å². The molecule has 0 spiro atoms. The molecule has 1 atom stereocenters. The second-order valence-corrected chi connectivity index (χ2v) is 10.4. The molecule has 0 bridgehead atoms. The van der Waals surface area contributed by atoms with Crippen LogP contribution in [0.5, 0.6) is 11.5 Å². The van der Waals surface area contributed by atoms with Gasteiger partial charge in [0.25, 0.3) is 11.8 Å². The second-order valence-electron chi connectivity index (χ2n) is 9.45. The zero-order chi connectivity index (χ0) is 28.4. The number of amides is 2. The van der Waals surface area contributed by atoms with Gasteiger partial charge >= 0.3 is 0 Å². The second kappa shape index (κ2) is 14.5. The number of nitrogens with one attached hydrogen (secondary N) is 2. The molecule has 0 radical (unpaired) electrons. The van der Waals surface area contributed by atoms with Gasteiger partial charge in [0.05, 0.1) is 18.1 Å². The molecule has 0 aliphatic carbocycles. The largest absolute Gasteiger partial charge is 0.493 e. The summed E-state index contributed by atoms with van der Waals surface area (Å²) in [6.45, 7) is 9.54. The van der Waals surface area contributed by atoms with Crippen LogP contribution in [0.15, 0.2) is 59.5 Å². The van der Waals surface area contributed by atoms with Gasteiger partial charge in [-0.3, -0.25) is 9.59 Å². The normalized spacial score (nSPS) is 11.5. The first-order valence-electron chi connectivity index (χ1n) is 12.9. The maximum Gasteiger partial charge on any atom is 0.251 e. The number of hydrogen-bond acceptors (Lipinski definition) is 5. The first kappa shape index (κ1) is 29.9. The lowest BCUT2D eigenvalue weighted by molar-refractivity contribution is 0.0950. The Hall–Kier alpha value is -3.69. The summed E-state index contributed by atoms with van der Waals surface area (Å²) in [5, 5.41) is 5.55. The summed E-state index contributed by atoms with van der Waals surface area (Å²) in [6.07, 6.45) is 1.14. The van der Waals surface area contributed by atoms with Crippen LogP contribution < -0.4 is 20.1 Å². The van der Waals surface area contributed by atoms with Crippen molar-refractivity contribution in [1.29, 1.82) is 0 Å². The quantitative estimate of drug-likeness (QED) is 0.205. The smallest absolute Gasteiger partial charge is 0.251 e. The van der Waals surface area contributed by atoms with E-state index in [4.69, 9.17) is 9.47 Å². The van der Waals surface area contributed by atoms with Crippen LogP contribution in [0.2, 0.25) is 0 Å². The van der Waals surface area contributed by atoms with Crippen molar-refractivity contribution in [2.24, 2.45) is 0 Å². The average Bonchev–Trinajstić information content (AvgIpc) is 2.90. The first-order valence-corrected chi connectivity index (χ1v) is 14.0. The summed E-state index contributed by atoms with van der Waals surface area (Å²) in [4.78, 5) is 25.4. The van der Waals surface area contributed by atoms with E-state index in [9.17, 15) is 18.4 Å². The zero-order valence-corrected chi connectivity index (χ0v) is 23.7. The number of benzene rings is 3. The van der Waals surface area contributed by atoms with Gasteiger partial charge in [-0.05, 0) is 82.0 Å². The summed E-state index contributed by atoms with van der Waals surface area (Å²) in [5.41, 5.74) is 4.68. The molecule has 0 saturated carbocycles. The molecule has 3 rings (SSSR count). The summed E-state index contributed by atoms with van der Waals surface area (Å²) in [5.74, 6) is 0.726. The Labute approximate surface area is 232 Å². The predicted molar refractivity (Wildman–Crippen MR) is 152 cm³/mol. The zero-order valence-electron chi connectivity index (χ0n) is 22.8. The van der Waals surface area contributed by atoms with Crippen molar-refractivity contribution in [3.8, 4) is 11.5 Å². The Bertz CT molecular complexity index is 1250. The highest BCUT2D eigenvalue weighted by Gasteiger charge is 2.15. The van der Waals surface area contributed by atoms with Crippen molar-refractivity contribution >= 4 is 22.9 Å². The number of ether oxygens (including phenoxy) is 2. The van der Waals surface area contributed by atoms with Gasteiger partial charge < -0.3 is 24.7 Å². The Kier molecular flexibility index (Phi) is 11.1. The molecule has 1 unspecified atom stereocenters. The van der Waals surface area contributed by atoms with Crippen molar-refractivity contribution in [3.05, 3.63) is 88.0 Å². The molecule has 3 N–H and O–H groups in total. The minimum Gasteiger partial charge on any atom is -0.493 e. The van der Waals surface area contributed by atoms with Gasteiger partial charge in [-0.15, -0.1) is 0 Å². The molecular formula is C30H36N2O6S. The summed E-state index contributed by atoms with van der Waals surface area (Å²) < 4.78 is 32.9. The van der Waals surface area contributed by atoms with Crippen molar-refractivity contribution in [2.75, 3.05) is 26.3 Å². The van der Waals surface area contributed by atoms with E-state index in [0.29, 0.717) is 39.1 Å². The third-order valence-corrected chi connectivity index (χ3v) is 6.66. The fraction of sp³-hybridized carbons (Fsp3) is 0.333. The lowest BCUT2D eigenvalue weighted by atomic mass is 10.1. The molecule has 3 aromatic rings. The van der Waals surface area contributed by atoms with Gasteiger partial charge in [0, 0.05) is 24.2 Å². The molecule has 0 saturated heterocycles. The maximum atomic E-state index is 12.7. The molecule has 8 nitrogen and oxygen atoms in total. The Balaban J connectivity index is 1.49. The van der Waals surface area contributed by atoms with Crippen LogP contribution >= 0.6 is 0 Å². The Morgan fingerprint density at radius 3 is 1.54 bits per heavy atom. The van der Waals surface area contributed by atoms with Crippen LogP contribution in [0.1, 0.15) is 55.8 Å². The molecule has 0 aliphatic rings. The molecule has 2 amide bonds. The van der Waals surface area contributed by atoms with Crippen LogP contribution in [-0.2, 0) is 11.1 Å². The van der Waals surface area contributed by atoms with Gasteiger partial charge in [0.1, 0.15) is 11.5 Å². The highest BCUT2D eigenvalue weighted by atomic mass is 32.2. The Morgan fingerprint density at radius 1 is 0.718 bits per heavy atom. The molecule has 208 valence electrons. The SMILES string of the molecule is Cc1ccc(OCCCNC(=O)c2cc(C(=O)NCCCOc3ccc(C)cc3C)cc(S(=O)O)c2)c(C)c1. The number of carbonyl (C=O) groups excluding carboxylic acids is 2. The lowest BCUT2D eigenvalue weighted by Gasteiger charge is -2.12. The topological polar surface area (TPSA) is 114 Å². The van der Waals surface area contributed by atoms with E-state index in [2.05, 4.69) is 10.6 Å². The van der Waals surface area contributed by atoms with Crippen molar-refractivity contribution in [1.82, 2.24) is 10.6 Å². The molecular weight excluding hydrogens is 516 g/mol. The molecule has 0 fully saturated rings. The molecule has 0 aliphatic heterocycles. The fourth-order valence-electron chi connectivity index (χ4n) is 4.00. The van der Waals surface area contributed by atoms with Crippen molar-refractivity contribution in [3.63, 3.8) is 0 Å². The van der Waals surface area contributed by atoms with Crippen LogP contribution in [-0.4, -0.2) is 46.9 Å². The average molecular weight is 553 g/mol. The fourth-order valence-corrected chi connectivity index (χ4v) is 4.46. The summed E-state index contributed by atoms with van der Waals surface area (Å²) in [7, 11) is 0. The van der Waals surface area contributed by atoms with E-state index in [1.54, 1.807) is 0 Å². The number of aryl methyl sites for hydroxylation is 4. The molecule has 0 heterocycles. The van der Waals surface area contributed by atoms with E-state index in [0.717, 1.165) is 33.8 Å². The van der Waals surface area contributed by atoms with Crippen LogP contribution in [0.25, 0.3) is 0 Å². The van der Waals surface area contributed by atoms with Gasteiger partial charge in [-0.2, -0.15) is 0 Å². The monoisotopic (exact) mass is 552 g/mol. The summed E-state index contributed by atoms with van der Waals surface area (Å²) in [6, 6.07) is 15.9. The lowest BCUT2D eigenvalue weighted by Crippen LogP contribution is -2.28. The van der Waals surface area contributed by atoms with Gasteiger partial charge in [-0.1, -0.05) is 35.4 Å². The maximum absolute atomic E-state index is 12.7. The highest BCUT2D eigenvalue weighted by Crippen LogP contribution is 2.20. The number of hydrogen-bond donors (Lipinski definition) is 3. The third kappa shape index (κ3) is 9.23. The van der Waals surface area contributed by atoms with Crippen molar-refractivity contribution < 1.29 is 27.8 Å². The molecule has 39 heavy (non-hydrogen) atoms. The Morgan fingerprint density at radius 2 is 1.15 bits per heavy atom.